The van der Waals surface area contributed by atoms with Gasteiger partial charge in [0, 0.05) is 7.11 Å². The highest BCUT2D eigenvalue weighted by Crippen LogP contribution is 2.09. The molecule has 0 N–H and O–H groups in total. The molecule has 0 aliphatic heterocycles. The lowest BCUT2D eigenvalue weighted by Crippen LogP contribution is -1.95. The van der Waals surface area contributed by atoms with Crippen molar-refractivity contribution in [3.8, 4) is 0 Å². The summed E-state index contributed by atoms with van der Waals surface area (Å²) in [6.45, 7) is 7.36. The Balaban J connectivity index is 3.66. The smallest absolute Gasteiger partial charge is 0.0670 e. The normalized spacial score (nSPS) is 15.1. The quantitative estimate of drug-likeness (QED) is 0.556. The average Bonchev–Trinajstić information content (AvgIpc) is 1.87. The molecule has 1 atom stereocenters. The van der Waals surface area contributed by atoms with Crippen molar-refractivity contribution < 1.29 is 4.74 Å². The van der Waals surface area contributed by atoms with Gasteiger partial charge in [-0.3, -0.25) is 0 Å². The van der Waals surface area contributed by atoms with Gasteiger partial charge in [-0.05, 0) is 19.3 Å². The lowest BCUT2D eigenvalue weighted by molar-refractivity contribution is 0.225. The Kier molecular flexibility index (Phi) is 6.24. The SMILES string of the molecule is CCCC(C)/C=C(\C)COC. The molecule has 0 aromatic carbocycles. The summed E-state index contributed by atoms with van der Waals surface area (Å²) in [6.07, 6.45) is 4.84. The van der Waals surface area contributed by atoms with E-state index < -0.39 is 0 Å². The molecule has 66 valence electrons. The summed E-state index contributed by atoms with van der Waals surface area (Å²) in [7, 11) is 1.74. The van der Waals surface area contributed by atoms with Crippen LogP contribution < -0.4 is 0 Å². The second kappa shape index (κ2) is 6.41. The van der Waals surface area contributed by atoms with Crippen LogP contribution in [0.15, 0.2) is 11.6 Å². The molecule has 0 amide bonds. The number of ether oxygens (including phenoxy) is 1. The van der Waals surface area contributed by atoms with E-state index in [0.717, 1.165) is 6.61 Å². The van der Waals surface area contributed by atoms with Crippen LogP contribution in [-0.4, -0.2) is 13.7 Å². The molecule has 0 aliphatic rings. The van der Waals surface area contributed by atoms with Gasteiger partial charge in [-0.1, -0.05) is 31.9 Å². The van der Waals surface area contributed by atoms with Crippen LogP contribution in [-0.2, 0) is 4.74 Å². The monoisotopic (exact) mass is 156 g/mol. The van der Waals surface area contributed by atoms with Crippen molar-refractivity contribution in [2.75, 3.05) is 13.7 Å². The Bertz CT molecular complexity index is 116. The molecule has 0 aromatic rings. The molecule has 0 spiro atoms. The molecule has 0 fully saturated rings. The van der Waals surface area contributed by atoms with E-state index in [1.807, 2.05) is 0 Å². The fraction of sp³-hybridized carbons (Fsp3) is 0.800. The molecule has 0 rings (SSSR count). The Morgan fingerprint density at radius 2 is 2.18 bits per heavy atom. The predicted octanol–water partition coefficient (Wildman–Crippen LogP) is 3.02. The third-order valence-electron chi connectivity index (χ3n) is 1.69. The second-order valence-corrected chi connectivity index (χ2v) is 3.21. The molecule has 1 unspecified atom stereocenters. The van der Waals surface area contributed by atoms with Crippen LogP contribution in [0.25, 0.3) is 0 Å². The van der Waals surface area contributed by atoms with Crippen molar-refractivity contribution >= 4 is 0 Å². The second-order valence-electron chi connectivity index (χ2n) is 3.21. The topological polar surface area (TPSA) is 9.23 Å². The Hall–Kier alpha value is -0.300. The first kappa shape index (κ1) is 10.7. The van der Waals surface area contributed by atoms with Gasteiger partial charge in [-0.15, -0.1) is 0 Å². The summed E-state index contributed by atoms with van der Waals surface area (Å²) in [5.41, 5.74) is 1.34. The van der Waals surface area contributed by atoms with Crippen LogP contribution in [0.4, 0.5) is 0 Å². The molecule has 0 bridgehead atoms. The maximum Gasteiger partial charge on any atom is 0.0670 e. The van der Waals surface area contributed by atoms with E-state index in [1.54, 1.807) is 7.11 Å². The third-order valence-corrected chi connectivity index (χ3v) is 1.69. The first-order valence-corrected chi connectivity index (χ1v) is 4.37. The van der Waals surface area contributed by atoms with Crippen LogP contribution in [0.5, 0.6) is 0 Å². The van der Waals surface area contributed by atoms with E-state index in [4.69, 9.17) is 4.74 Å². The minimum atomic E-state index is 0.704. The zero-order chi connectivity index (χ0) is 8.69. The van der Waals surface area contributed by atoms with Crippen LogP contribution in [0.1, 0.15) is 33.6 Å². The molecular formula is C10H20O. The highest BCUT2D eigenvalue weighted by Gasteiger charge is 1.96. The van der Waals surface area contributed by atoms with Crippen molar-refractivity contribution in [2.24, 2.45) is 5.92 Å². The molecule has 11 heavy (non-hydrogen) atoms. The standard InChI is InChI=1S/C10H20O/c1-5-6-9(2)7-10(3)8-11-4/h7,9H,5-6,8H2,1-4H3/b10-7+. The summed E-state index contributed by atoms with van der Waals surface area (Å²) in [5.74, 6) is 0.704. The van der Waals surface area contributed by atoms with Crippen molar-refractivity contribution in [2.45, 2.75) is 33.6 Å². The van der Waals surface area contributed by atoms with Crippen LogP contribution in [0, 0.1) is 5.92 Å². The van der Waals surface area contributed by atoms with Crippen LogP contribution >= 0.6 is 0 Å². The summed E-state index contributed by atoms with van der Waals surface area (Å²) >= 11 is 0. The van der Waals surface area contributed by atoms with E-state index in [0.29, 0.717) is 5.92 Å². The lowest BCUT2D eigenvalue weighted by Gasteiger charge is -2.05. The van der Waals surface area contributed by atoms with Crippen molar-refractivity contribution in [3.63, 3.8) is 0 Å². The van der Waals surface area contributed by atoms with Gasteiger partial charge >= 0.3 is 0 Å². The van der Waals surface area contributed by atoms with E-state index in [-0.39, 0.29) is 0 Å². The Labute approximate surface area is 70.4 Å². The maximum atomic E-state index is 5.01. The minimum Gasteiger partial charge on any atom is -0.380 e. The Morgan fingerprint density at radius 3 is 2.64 bits per heavy atom. The zero-order valence-corrected chi connectivity index (χ0v) is 8.18. The van der Waals surface area contributed by atoms with Gasteiger partial charge in [-0.2, -0.15) is 0 Å². The molecule has 0 aromatic heterocycles. The fourth-order valence-corrected chi connectivity index (χ4v) is 1.30. The summed E-state index contributed by atoms with van der Waals surface area (Å²) in [4.78, 5) is 0. The van der Waals surface area contributed by atoms with Crippen molar-refractivity contribution in [3.05, 3.63) is 11.6 Å². The maximum absolute atomic E-state index is 5.01. The summed E-state index contributed by atoms with van der Waals surface area (Å²) in [5, 5.41) is 0. The van der Waals surface area contributed by atoms with Gasteiger partial charge in [0.05, 0.1) is 6.61 Å². The van der Waals surface area contributed by atoms with Gasteiger partial charge in [0.25, 0.3) is 0 Å². The number of rotatable bonds is 5. The first-order chi connectivity index (χ1) is 5.20. The van der Waals surface area contributed by atoms with E-state index >= 15 is 0 Å². The van der Waals surface area contributed by atoms with Gasteiger partial charge in [-0.25, -0.2) is 0 Å². The molecule has 0 heterocycles. The predicted molar refractivity (Wildman–Crippen MR) is 49.7 cm³/mol. The number of allylic oxidation sites excluding steroid dienone is 1. The summed E-state index contributed by atoms with van der Waals surface area (Å²) in [6, 6.07) is 0. The molecular weight excluding hydrogens is 136 g/mol. The largest absolute Gasteiger partial charge is 0.380 e. The molecule has 0 saturated carbocycles. The molecule has 0 aliphatic carbocycles. The zero-order valence-electron chi connectivity index (χ0n) is 8.18. The first-order valence-electron chi connectivity index (χ1n) is 4.37. The molecule has 1 nitrogen and oxygen atoms in total. The lowest BCUT2D eigenvalue weighted by atomic mass is 10.0. The van der Waals surface area contributed by atoms with E-state index in [1.165, 1.54) is 18.4 Å². The van der Waals surface area contributed by atoms with Crippen molar-refractivity contribution in [1.82, 2.24) is 0 Å². The van der Waals surface area contributed by atoms with Gasteiger partial charge in [0.1, 0.15) is 0 Å². The molecule has 1 heteroatoms. The number of hydrogen-bond acceptors (Lipinski definition) is 1. The number of methoxy groups -OCH3 is 1. The fourth-order valence-electron chi connectivity index (χ4n) is 1.30. The van der Waals surface area contributed by atoms with Gasteiger partial charge < -0.3 is 4.74 Å². The highest BCUT2D eigenvalue weighted by molar-refractivity contribution is 5.00. The summed E-state index contributed by atoms with van der Waals surface area (Å²) < 4.78 is 5.01. The molecule has 0 saturated heterocycles. The van der Waals surface area contributed by atoms with Crippen molar-refractivity contribution in [1.29, 1.82) is 0 Å². The third kappa shape index (κ3) is 6.11. The van der Waals surface area contributed by atoms with Crippen LogP contribution in [0.3, 0.4) is 0 Å². The number of hydrogen-bond donors (Lipinski definition) is 0. The van der Waals surface area contributed by atoms with E-state index in [9.17, 15) is 0 Å². The molecule has 0 radical (unpaired) electrons. The average molecular weight is 156 g/mol. The Morgan fingerprint density at radius 1 is 1.55 bits per heavy atom. The van der Waals surface area contributed by atoms with Crippen LogP contribution in [0.2, 0.25) is 0 Å². The minimum absolute atomic E-state index is 0.704. The highest BCUT2D eigenvalue weighted by atomic mass is 16.5. The van der Waals surface area contributed by atoms with E-state index in [2.05, 4.69) is 26.8 Å². The van der Waals surface area contributed by atoms with Gasteiger partial charge in [0.2, 0.25) is 0 Å². The van der Waals surface area contributed by atoms with Gasteiger partial charge in [0.15, 0.2) is 0 Å².